The molecule has 0 aliphatic rings. The summed E-state index contributed by atoms with van der Waals surface area (Å²) in [5, 5.41) is 11.0. The fourth-order valence-corrected chi connectivity index (χ4v) is 1.94. The van der Waals surface area contributed by atoms with E-state index in [1.807, 2.05) is 6.07 Å². The van der Waals surface area contributed by atoms with E-state index in [2.05, 4.69) is 9.97 Å². The molecule has 1 aromatic carbocycles. The Morgan fingerprint density at radius 1 is 1.25 bits per heavy atom. The molecule has 8 heteroatoms. The molecule has 20 heavy (non-hydrogen) atoms. The van der Waals surface area contributed by atoms with Gasteiger partial charge in [0.1, 0.15) is 0 Å². The largest absolute Gasteiger partial charge is 0.378 e. The van der Waals surface area contributed by atoms with E-state index in [9.17, 15) is 10.1 Å². The third kappa shape index (κ3) is 3.23. The summed E-state index contributed by atoms with van der Waals surface area (Å²) in [4.78, 5) is 17.6. The molecule has 6 nitrogen and oxygen atoms in total. The van der Waals surface area contributed by atoms with Crippen molar-refractivity contribution in [1.82, 2.24) is 9.97 Å². The second kappa shape index (κ2) is 5.85. The van der Waals surface area contributed by atoms with Gasteiger partial charge in [0.05, 0.1) is 4.92 Å². The van der Waals surface area contributed by atoms with Crippen LogP contribution in [0, 0.1) is 10.1 Å². The minimum atomic E-state index is -0.720. The Balaban J connectivity index is 2.33. The van der Waals surface area contributed by atoms with Crippen molar-refractivity contribution in [3.8, 4) is 0 Å². The van der Waals surface area contributed by atoms with E-state index in [4.69, 9.17) is 28.9 Å². The number of nitrogens with two attached hydrogens (primary N) is 1. The van der Waals surface area contributed by atoms with Crippen LogP contribution in [-0.4, -0.2) is 14.9 Å². The predicted molar refractivity (Wildman–Crippen MR) is 78.5 cm³/mol. The Morgan fingerprint density at radius 2 is 2.00 bits per heavy atom. The molecule has 2 aromatic rings. The van der Waals surface area contributed by atoms with Crippen LogP contribution in [0.25, 0.3) is 12.2 Å². The van der Waals surface area contributed by atoms with Gasteiger partial charge in [-0.2, -0.15) is 0 Å². The molecule has 0 fully saturated rings. The maximum atomic E-state index is 10.7. The second-order valence-corrected chi connectivity index (χ2v) is 4.55. The number of anilines is 1. The first-order chi connectivity index (χ1) is 9.47. The highest BCUT2D eigenvalue weighted by atomic mass is 35.5. The van der Waals surface area contributed by atoms with Crippen molar-refractivity contribution in [3.05, 3.63) is 55.9 Å². The molecule has 0 atom stereocenters. The fraction of sp³-hybridized carbons (Fsp3) is 0. The van der Waals surface area contributed by atoms with Crippen LogP contribution in [0.4, 0.5) is 11.5 Å². The molecule has 0 amide bonds. The van der Waals surface area contributed by atoms with Crippen LogP contribution in [0.5, 0.6) is 0 Å². The summed E-state index contributed by atoms with van der Waals surface area (Å²) in [5.74, 6) is -0.0983. The van der Waals surface area contributed by atoms with Crippen LogP contribution in [-0.2, 0) is 0 Å². The SMILES string of the molecule is Nc1nc(/C=C/c2cccc(Cl)c2)nc(Cl)c1[N+](=O)[O-]. The third-order valence-corrected chi connectivity index (χ3v) is 2.84. The Labute approximate surface area is 124 Å². The smallest absolute Gasteiger partial charge is 0.348 e. The zero-order valence-electron chi connectivity index (χ0n) is 9.96. The molecule has 0 saturated heterocycles. The highest BCUT2D eigenvalue weighted by Crippen LogP contribution is 2.27. The first-order valence-corrected chi connectivity index (χ1v) is 6.14. The standard InChI is InChI=1S/C12H8Cl2N4O2/c13-8-3-1-2-7(6-8)4-5-9-16-11(14)10(18(19)20)12(15)17-9/h1-6H,(H2,15,16,17)/b5-4+. The van der Waals surface area contributed by atoms with E-state index in [0.717, 1.165) is 5.56 Å². The monoisotopic (exact) mass is 310 g/mol. The lowest BCUT2D eigenvalue weighted by Crippen LogP contribution is -2.03. The van der Waals surface area contributed by atoms with Gasteiger partial charge < -0.3 is 5.73 Å². The second-order valence-electron chi connectivity index (χ2n) is 3.75. The zero-order chi connectivity index (χ0) is 14.7. The Morgan fingerprint density at radius 3 is 2.60 bits per heavy atom. The van der Waals surface area contributed by atoms with E-state index in [-0.39, 0.29) is 16.8 Å². The van der Waals surface area contributed by atoms with Crippen molar-refractivity contribution < 1.29 is 4.92 Å². The van der Waals surface area contributed by atoms with E-state index in [1.54, 1.807) is 24.3 Å². The van der Waals surface area contributed by atoms with E-state index in [1.165, 1.54) is 6.08 Å². The summed E-state index contributed by atoms with van der Waals surface area (Å²) in [6.45, 7) is 0. The molecule has 102 valence electrons. The highest BCUT2D eigenvalue weighted by molar-refractivity contribution is 6.32. The van der Waals surface area contributed by atoms with Gasteiger partial charge in [0.2, 0.25) is 11.0 Å². The number of nitro groups is 1. The van der Waals surface area contributed by atoms with E-state index in [0.29, 0.717) is 5.02 Å². The van der Waals surface area contributed by atoms with Crippen molar-refractivity contribution in [2.24, 2.45) is 0 Å². The first-order valence-electron chi connectivity index (χ1n) is 5.38. The summed E-state index contributed by atoms with van der Waals surface area (Å²) < 4.78 is 0. The van der Waals surface area contributed by atoms with Gasteiger partial charge in [-0.05, 0) is 23.8 Å². The van der Waals surface area contributed by atoms with E-state index < -0.39 is 10.6 Å². The lowest BCUT2D eigenvalue weighted by Gasteiger charge is -2.00. The average Bonchev–Trinajstić information content (AvgIpc) is 2.35. The van der Waals surface area contributed by atoms with Crippen molar-refractivity contribution in [1.29, 1.82) is 0 Å². The van der Waals surface area contributed by atoms with Gasteiger partial charge in [-0.1, -0.05) is 41.4 Å². The number of benzene rings is 1. The van der Waals surface area contributed by atoms with Gasteiger partial charge in [-0.15, -0.1) is 0 Å². The quantitative estimate of drug-likeness (QED) is 0.532. The number of halogens is 2. The molecular formula is C12H8Cl2N4O2. The predicted octanol–water partition coefficient (Wildman–Crippen LogP) is 3.44. The van der Waals surface area contributed by atoms with Crippen molar-refractivity contribution >= 4 is 46.9 Å². The number of hydrogen-bond acceptors (Lipinski definition) is 5. The molecule has 2 rings (SSSR count). The van der Waals surface area contributed by atoms with Crippen LogP contribution < -0.4 is 5.73 Å². The summed E-state index contributed by atoms with van der Waals surface area (Å²) in [6, 6.07) is 7.11. The van der Waals surface area contributed by atoms with Crippen LogP contribution in [0.3, 0.4) is 0 Å². The Bertz CT molecular complexity index is 681. The van der Waals surface area contributed by atoms with Gasteiger partial charge in [-0.3, -0.25) is 10.1 Å². The summed E-state index contributed by atoms with van der Waals surface area (Å²) in [7, 11) is 0. The van der Waals surface area contributed by atoms with Crippen LogP contribution >= 0.6 is 23.2 Å². The molecule has 0 saturated carbocycles. The number of rotatable bonds is 3. The normalized spacial score (nSPS) is 10.9. The van der Waals surface area contributed by atoms with Gasteiger partial charge in [0.25, 0.3) is 0 Å². The average molecular weight is 311 g/mol. The van der Waals surface area contributed by atoms with Crippen molar-refractivity contribution in [2.45, 2.75) is 0 Å². The molecule has 1 aromatic heterocycles. The van der Waals surface area contributed by atoms with Gasteiger partial charge in [0.15, 0.2) is 5.82 Å². The number of aromatic nitrogens is 2. The topological polar surface area (TPSA) is 94.9 Å². The minimum absolute atomic E-state index is 0.179. The number of nitrogens with zero attached hydrogens (tertiary/aromatic N) is 3. The zero-order valence-corrected chi connectivity index (χ0v) is 11.5. The molecule has 0 radical (unpaired) electrons. The van der Waals surface area contributed by atoms with Crippen LogP contribution in [0.1, 0.15) is 11.4 Å². The van der Waals surface area contributed by atoms with Gasteiger partial charge in [0, 0.05) is 5.02 Å². The maximum Gasteiger partial charge on any atom is 0.348 e. The summed E-state index contributed by atoms with van der Waals surface area (Å²) in [5.41, 5.74) is 5.82. The Kier molecular flexibility index (Phi) is 4.16. The van der Waals surface area contributed by atoms with Crippen LogP contribution in [0.2, 0.25) is 10.2 Å². The Hall–Kier alpha value is -2.18. The molecule has 0 unspecified atom stereocenters. The minimum Gasteiger partial charge on any atom is -0.378 e. The lowest BCUT2D eigenvalue weighted by molar-refractivity contribution is -0.384. The van der Waals surface area contributed by atoms with Crippen molar-refractivity contribution in [3.63, 3.8) is 0 Å². The number of nitrogen functional groups attached to an aromatic ring is 1. The molecule has 1 heterocycles. The molecular weight excluding hydrogens is 303 g/mol. The molecule has 0 bridgehead atoms. The van der Waals surface area contributed by atoms with Gasteiger partial charge >= 0.3 is 5.69 Å². The first kappa shape index (κ1) is 14.2. The molecule has 0 aliphatic heterocycles. The maximum absolute atomic E-state index is 10.7. The fourth-order valence-electron chi connectivity index (χ4n) is 1.48. The molecule has 0 aliphatic carbocycles. The highest BCUT2D eigenvalue weighted by Gasteiger charge is 2.20. The lowest BCUT2D eigenvalue weighted by atomic mass is 10.2. The van der Waals surface area contributed by atoms with Crippen LogP contribution in [0.15, 0.2) is 24.3 Å². The van der Waals surface area contributed by atoms with Crippen molar-refractivity contribution in [2.75, 3.05) is 5.73 Å². The summed E-state index contributed by atoms with van der Waals surface area (Å²) >= 11 is 11.6. The number of hydrogen-bond donors (Lipinski definition) is 1. The molecule has 2 N–H and O–H groups in total. The summed E-state index contributed by atoms with van der Waals surface area (Å²) in [6.07, 6.45) is 3.24. The van der Waals surface area contributed by atoms with Gasteiger partial charge in [-0.25, -0.2) is 9.97 Å². The third-order valence-electron chi connectivity index (χ3n) is 2.34. The molecule has 0 spiro atoms. The van der Waals surface area contributed by atoms with E-state index >= 15 is 0 Å².